The third kappa shape index (κ3) is 4.86. The number of aromatic nitrogens is 3. The fourth-order valence-corrected chi connectivity index (χ4v) is 3.89. The number of carbonyl (C=O) groups is 1. The van der Waals surface area contributed by atoms with Crippen molar-refractivity contribution in [2.24, 2.45) is 0 Å². The van der Waals surface area contributed by atoms with Gasteiger partial charge in [-0.05, 0) is 49.6 Å². The van der Waals surface area contributed by atoms with E-state index in [0.717, 1.165) is 40.8 Å². The van der Waals surface area contributed by atoms with E-state index in [1.54, 1.807) is 18.9 Å². The number of rotatable bonds is 8. The number of ether oxygens (including phenoxy) is 1. The number of benzene rings is 2. The van der Waals surface area contributed by atoms with Gasteiger partial charge in [0.1, 0.15) is 6.61 Å². The van der Waals surface area contributed by atoms with Crippen molar-refractivity contribution in [1.82, 2.24) is 20.1 Å². The van der Waals surface area contributed by atoms with Crippen LogP contribution in [0.25, 0.3) is 5.69 Å². The molecule has 1 fully saturated rings. The highest BCUT2D eigenvalue weighted by atomic mass is 32.2. The molecule has 4 rings (SSSR count). The molecule has 1 aliphatic rings. The van der Waals surface area contributed by atoms with Gasteiger partial charge in [-0.25, -0.2) is 0 Å². The highest BCUT2D eigenvalue weighted by Crippen LogP contribution is 2.26. The fourth-order valence-electron chi connectivity index (χ4n) is 2.97. The predicted molar refractivity (Wildman–Crippen MR) is 113 cm³/mol. The first-order valence-corrected chi connectivity index (χ1v) is 10.7. The van der Waals surface area contributed by atoms with Crippen molar-refractivity contribution in [2.45, 2.75) is 43.3 Å². The summed E-state index contributed by atoms with van der Waals surface area (Å²) in [7, 11) is 1.65. The van der Waals surface area contributed by atoms with E-state index in [-0.39, 0.29) is 5.91 Å². The van der Waals surface area contributed by atoms with Crippen LogP contribution in [-0.2, 0) is 17.1 Å². The van der Waals surface area contributed by atoms with Crippen LogP contribution in [0.1, 0.15) is 40.2 Å². The molecule has 150 valence electrons. The molecule has 0 bridgehead atoms. The van der Waals surface area contributed by atoms with Crippen LogP contribution in [0.5, 0.6) is 0 Å². The largest absolute Gasteiger partial charge is 0.377 e. The summed E-state index contributed by atoms with van der Waals surface area (Å²) in [5, 5.41) is 12.5. The number of thioether (sulfide) groups is 1. The quantitative estimate of drug-likeness (QED) is 0.573. The topological polar surface area (TPSA) is 69.0 Å². The lowest BCUT2D eigenvalue weighted by Gasteiger charge is -2.10. The summed E-state index contributed by atoms with van der Waals surface area (Å²) < 4.78 is 7.32. The Bertz CT molecular complexity index is 979. The van der Waals surface area contributed by atoms with E-state index in [0.29, 0.717) is 18.2 Å². The number of aryl methyl sites for hydroxylation is 1. The monoisotopic (exact) mass is 408 g/mol. The first kappa shape index (κ1) is 19.7. The molecule has 1 N–H and O–H groups in total. The Balaban J connectivity index is 1.47. The second kappa shape index (κ2) is 8.80. The standard InChI is InChI=1S/C22H24N4O2S/c1-15-3-11-19(12-4-15)26-20(13-28-2)24-25-22(26)29-14-16-5-7-17(8-6-16)21(27)23-18-9-10-18/h3-8,11-12,18H,9-10,13-14H2,1-2H3,(H,23,27). The lowest BCUT2D eigenvalue weighted by atomic mass is 10.1. The van der Waals surface area contributed by atoms with Crippen LogP contribution in [0.3, 0.4) is 0 Å². The fraction of sp³-hybridized carbons (Fsp3) is 0.318. The number of nitrogens with zero attached hydrogens (tertiary/aromatic N) is 3. The Morgan fingerprint density at radius 3 is 2.52 bits per heavy atom. The smallest absolute Gasteiger partial charge is 0.251 e. The summed E-state index contributed by atoms with van der Waals surface area (Å²) in [5.74, 6) is 1.52. The van der Waals surface area contributed by atoms with Crippen LogP contribution >= 0.6 is 11.8 Å². The number of methoxy groups -OCH3 is 1. The summed E-state index contributed by atoms with van der Waals surface area (Å²) in [4.78, 5) is 12.1. The summed E-state index contributed by atoms with van der Waals surface area (Å²) in [6.07, 6.45) is 2.18. The first-order valence-electron chi connectivity index (χ1n) is 9.67. The normalized spacial score (nSPS) is 13.4. The highest BCUT2D eigenvalue weighted by Gasteiger charge is 2.23. The third-order valence-electron chi connectivity index (χ3n) is 4.76. The second-order valence-electron chi connectivity index (χ2n) is 7.24. The summed E-state index contributed by atoms with van der Waals surface area (Å²) >= 11 is 1.61. The van der Waals surface area contributed by atoms with Crippen molar-refractivity contribution in [2.75, 3.05) is 7.11 Å². The minimum atomic E-state index is 0.00928. The van der Waals surface area contributed by atoms with Crippen LogP contribution in [0, 0.1) is 6.92 Å². The van der Waals surface area contributed by atoms with E-state index >= 15 is 0 Å². The van der Waals surface area contributed by atoms with Crippen LogP contribution in [-0.4, -0.2) is 33.8 Å². The number of hydrogen-bond donors (Lipinski definition) is 1. The molecule has 1 amide bonds. The third-order valence-corrected chi connectivity index (χ3v) is 5.76. The summed E-state index contributed by atoms with van der Waals surface area (Å²) in [5.41, 5.74) is 4.05. The summed E-state index contributed by atoms with van der Waals surface area (Å²) in [6.45, 7) is 2.46. The van der Waals surface area contributed by atoms with Crippen molar-refractivity contribution in [3.63, 3.8) is 0 Å². The van der Waals surface area contributed by atoms with E-state index in [4.69, 9.17) is 4.74 Å². The van der Waals surface area contributed by atoms with E-state index in [2.05, 4.69) is 46.7 Å². The van der Waals surface area contributed by atoms with Gasteiger partial charge in [0.05, 0.1) is 0 Å². The molecule has 1 heterocycles. The zero-order chi connectivity index (χ0) is 20.2. The molecule has 1 saturated carbocycles. The average Bonchev–Trinajstić information content (AvgIpc) is 3.46. The Morgan fingerprint density at radius 2 is 1.86 bits per heavy atom. The van der Waals surface area contributed by atoms with Gasteiger partial charge < -0.3 is 10.1 Å². The van der Waals surface area contributed by atoms with Crippen LogP contribution in [0.15, 0.2) is 53.7 Å². The maximum Gasteiger partial charge on any atom is 0.251 e. The van der Waals surface area contributed by atoms with Gasteiger partial charge in [-0.1, -0.05) is 41.6 Å². The number of carbonyl (C=O) groups excluding carboxylic acids is 1. The molecule has 0 aliphatic heterocycles. The molecule has 0 radical (unpaired) electrons. The SMILES string of the molecule is COCc1nnc(SCc2ccc(C(=O)NC3CC3)cc2)n1-c1ccc(C)cc1. The van der Waals surface area contributed by atoms with Gasteiger partial charge in [0.15, 0.2) is 11.0 Å². The summed E-state index contributed by atoms with van der Waals surface area (Å²) in [6, 6.07) is 16.4. The molecule has 1 aliphatic carbocycles. The first-order chi connectivity index (χ1) is 14.1. The average molecular weight is 409 g/mol. The van der Waals surface area contributed by atoms with E-state index < -0.39 is 0 Å². The van der Waals surface area contributed by atoms with Crippen molar-refractivity contribution in [3.8, 4) is 5.69 Å². The number of nitrogens with one attached hydrogen (secondary N) is 1. The molecular formula is C22H24N4O2S. The molecule has 0 unspecified atom stereocenters. The van der Waals surface area contributed by atoms with Gasteiger partial charge >= 0.3 is 0 Å². The molecule has 1 aromatic heterocycles. The van der Waals surface area contributed by atoms with Gasteiger partial charge in [-0.2, -0.15) is 0 Å². The van der Waals surface area contributed by atoms with Crippen molar-refractivity contribution < 1.29 is 9.53 Å². The highest BCUT2D eigenvalue weighted by molar-refractivity contribution is 7.98. The number of amides is 1. The molecule has 6 nitrogen and oxygen atoms in total. The second-order valence-corrected chi connectivity index (χ2v) is 8.18. The zero-order valence-electron chi connectivity index (χ0n) is 16.6. The number of hydrogen-bond acceptors (Lipinski definition) is 5. The molecule has 7 heteroatoms. The van der Waals surface area contributed by atoms with E-state index in [9.17, 15) is 4.79 Å². The van der Waals surface area contributed by atoms with Gasteiger partial charge in [0.25, 0.3) is 5.91 Å². The molecule has 0 atom stereocenters. The van der Waals surface area contributed by atoms with Crippen molar-refractivity contribution in [1.29, 1.82) is 0 Å². The molecule has 3 aromatic rings. The molecule has 0 saturated heterocycles. The van der Waals surface area contributed by atoms with Crippen molar-refractivity contribution >= 4 is 17.7 Å². The molecular weight excluding hydrogens is 384 g/mol. The lowest BCUT2D eigenvalue weighted by Crippen LogP contribution is -2.25. The van der Waals surface area contributed by atoms with Gasteiger partial charge in [0.2, 0.25) is 0 Å². The minimum absolute atomic E-state index is 0.00928. The van der Waals surface area contributed by atoms with E-state index in [1.807, 2.05) is 28.8 Å². The minimum Gasteiger partial charge on any atom is -0.377 e. The van der Waals surface area contributed by atoms with Gasteiger partial charge in [-0.15, -0.1) is 10.2 Å². The van der Waals surface area contributed by atoms with Gasteiger partial charge in [-0.3, -0.25) is 9.36 Å². The Morgan fingerprint density at radius 1 is 1.14 bits per heavy atom. The van der Waals surface area contributed by atoms with Crippen LogP contribution in [0.4, 0.5) is 0 Å². The Labute approximate surface area is 174 Å². The van der Waals surface area contributed by atoms with Crippen LogP contribution < -0.4 is 5.32 Å². The maximum absolute atomic E-state index is 12.1. The molecule has 2 aromatic carbocycles. The molecule has 0 spiro atoms. The van der Waals surface area contributed by atoms with E-state index in [1.165, 1.54) is 5.56 Å². The zero-order valence-corrected chi connectivity index (χ0v) is 17.4. The maximum atomic E-state index is 12.1. The molecule has 29 heavy (non-hydrogen) atoms. The van der Waals surface area contributed by atoms with Gasteiger partial charge in [0, 0.05) is 30.2 Å². The Hall–Kier alpha value is -2.64. The lowest BCUT2D eigenvalue weighted by molar-refractivity contribution is 0.0951. The van der Waals surface area contributed by atoms with Crippen LogP contribution in [0.2, 0.25) is 0 Å². The Kier molecular flexibility index (Phi) is 5.97. The van der Waals surface area contributed by atoms with Crippen molar-refractivity contribution in [3.05, 3.63) is 71.0 Å². The predicted octanol–water partition coefficient (Wildman–Crippen LogP) is 3.91.